The molecule has 0 saturated heterocycles. The third-order valence-corrected chi connectivity index (χ3v) is 5.72. The van der Waals surface area contributed by atoms with E-state index in [0.717, 1.165) is 12.1 Å². The van der Waals surface area contributed by atoms with Gasteiger partial charge in [-0.1, -0.05) is 12.1 Å². The van der Waals surface area contributed by atoms with Crippen LogP contribution < -0.4 is 10.6 Å². The quantitative estimate of drug-likeness (QED) is 0.187. The van der Waals surface area contributed by atoms with Crippen LogP contribution in [0.25, 0.3) is 0 Å². The summed E-state index contributed by atoms with van der Waals surface area (Å²) in [6.07, 6.45) is 0. The van der Waals surface area contributed by atoms with Crippen molar-refractivity contribution in [1.29, 1.82) is 0 Å². The number of carbonyl (C=O) groups excluding carboxylic acids is 6. The molecule has 38 heavy (non-hydrogen) atoms. The smallest absolute Gasteiger partial charge is 0.282 e. The lowest BCUT2D eigenvalue weighted by Gasteiger charge is -2.15. The lowest BCUT2D eigenvalue weighted by atomic mass is 10.1. The van der Waals surface area contributed by atoms with Gasteiger partial charge in [-0.05, 0) is 12.1 Å². The zero-order chi connectivity index (χ0) is 27.7. The highest BCUT2D eigenvalue weighted by atomic mass is 16.6. The molecule has 2 aromatic carbocycles. The SMILES string of the molecule is O=C(CN1C(=O)c2cccc([N+](=O)[O-])c2C1=O)NCCNC(=O)CN1C(=O)c2cccc([N+](=O)[O-])c2C1=O. The fourth-order valence-corrected chi connectivity index (χ4v) is 4.03. The van der Waals surface area contributed by atoms with E-state index in [1.165, 1.54) is 24.3 Å². The van der Waals surface area contributed by atoms with Gasteiger partial charge in [0.15, 0.2) is 0 Å². The molecule has 2 heterocycles. The number of amides is 6. The number of fused-ring (bicyclic) bond motifs is 2. The first kappa shape index (κ1) is 25.5. The fourth-order valence-electron chi connectivity index (χ4n) is 4.03. The van der Waals surface area contributed by atoms with Gasteiger partial charge in [0.2, 0.25) is 11.8 Å². The number of nitro groups is 2. The van der Waals surface area contributed by atoms with Gasteiger partial charge in [0, 0.05) is 25.2 Å². The van der Waals surface area contributed by atoms with Crippen LogP contribution in [0.3, 0.4) is 0 Å². The molecule has 0 fully saturated rings. The standard InChI is InChI=1S/C22H16N6O10/c29-15(9-25-19(31)11-3-1-5-13(27(35)36)17(11)21(25)33)23-7-8-24-16(30)10-26-20(32)12-4-2-6-14(28(37)38)18(12)22(26)34/h1-6H,7-10H2,(H,23,29)(H,24,30). The van der Waals surface area contributed by atoms with E-state index in [9.17, 15) is 49.0 Å². The van der Waals surface area contributed by atoms with E-state index in [1.54, 1.807) is 0 Å². The number of hydrogen-bond donors (Lipinski definition) is 2. The molecule has 2 N–H and O–H groups in total. The van der Waals surface area contributed by atoms with E-state index < -0.39 is 80.9 Å². The molecular formula is C22H16N6O10. The van der Waals surface area contributed by atoms with Crippen molar-refractivity contribution in [2.75, 3.05) is 26.2 Å². The van der Waals surface area contributed by atoms with Gasteiger partial charge in [0.05, 0.1) is 21.0 Å². The normalized spacial score (nSPS) is 13.9. The Morgan fingerprint density at radius 1 is 0.658 bits per heavy atom. The number of nitrogens with zero attached hydrogens (tertiary/aromatic N) is 4. The summed E-state index contributed by atoms with van der Waals surface area (Å²) >= 11 is 0. The molecule has 6 amide bonds. The summed E-state index contributed by atoms with van der Waals surface area (Å²) in [5.41, 5.74) is -2.30. The van der Waals surface area contributed by atoms with Crippen molar-refractivity contribution in [3.05, 3.63) is 78.9 Å². The second-order valence-corrected chi connectivity index (χ2v) is 8.01. The second kappa shape index (κ2) is 9.84. The predicted octanol–water partition coefficient (Wildman–Crippen LogP) is -0.372. The minimum atomic E-state index is -0.984. The van der Waals surface area contributed by atoms with Crippen LogP contribution >= 0.6 is 0 Å². The maximum absolute atomic E-state index is 12.5. The van der Waals surface area contributed by atoms with Gasteiger partial charge < -0.3 is 10.6 Å². The molecule has 16 heteroatoms. The molecule has 2 aliphatic heterocycles. The summed E-state index contributed by atoms with van der Waals surface area (Å²) < 4.78 is 0. The molecule has 0 saturated carbocycles. The molecular weight excluding hydrogens is 508 g/mol. The average molecular weight is 524 g/mol. The van der Waals surface area contributed by atoms with Gasteiger partial charge in [0.25, 0.3) is 35.0 Å². The Morgan fingerprint density at radius 2 is 1.03 bits per heavy atom. The van der Waals surface area contributed by atoms with Crippen molar-refractivity contribution in [3.63, 3.8) is 0 Å². The molecule has 2 aliphatic rings. The number of rotatable bonds is 9. The number of carbonyl (C=O) groups is 6. The van der Waals surface area contributed by atoms with Crippen molar-refractivity contribution in [1.82, 2.24) is 20.4 Å². The minimum Gasteiger partial charge on any atom is -0.353 e. The summed E-state index contributed by atoms with van der Waals surface area (Å²) in [7, 11) is 0. The molecule has 2 aromatic rings. The van der Waals surface area contributed by atoms with Gasteiger partial charge >= 0.3 is 0 Å². The summed E-state index contributed by atoms with van der Waals surface area (Å²) in [6, 6.07) is 7.11. The monoisotopic (exact) mass is 524 g/mol. The Hall–Kier alpha value is -5.54. The molecule has 0 radical (unpaired) electrons. The molecule has 0 aromatic heterocycles. The van der Waals surface area contributed by atoms with Crippen molar-refractivity contribution in [2.45, 2.75) is 0 Å². The van der Waals surface area contributed by atoms with Crippen molar-refractivity contribution in [2.24, 2.45) is 0 Å². The van der Waals surface area contributed by atoms with Crippen LogP contribution in [0.15, 0.2) is 36.4 Å². The van der Waals surface area contributed by atoms with E-state index in [1.807, 2.05) is 0 Å². The highest BCUT2D eigenvalue weighted by Crippen LogP contribution is 2.31. The summed E-state index contributed by atoms with van der Waals surface area (Å²) in [4.78, 5) is 96.2. The molecule has 4 rings (SSSR count). The predicted molar refractivity (Wildman–Crippen MR) is 123 cm³/mol. The fraction of sp³-hybridized carbons (Fsp3) is 0.182. The zero-order valence-corrected chi connectivity index (χ0v) is 19.2. The summed E-state index contributed by atoms with van der Waals surface area (Å²) in [5.74, 6) is -5.27. The van der Waals surface area contributed by atoms with Crippen LogP contribution in [0, 0.1) is 20.2 Å². The first-order chi connectivity index (χ1) is 18.0. The van der Waals surface area contributed by atoms with Crippen LogP contribution in [-0.2, 0) is 9.59 Å². The average Bonchev–Trinajstić information content (AvgIpc) is 3.27. The lowest BCUT2D eigenvalue weighted by molar-refractivity contribution is -0.385. The Bertz CT molecular complexity index is 1360. The third-order valence-electron chi connectivity index (χ3n) is 5.72. The molecule has 0 spiro atoms. The number of imide groups is 2. The van der Waals surface area contributed by atoms with Crippen LogP contribution in [0.2, 0.25) is 0 Å². The number of nitro benzene ring substituents is 2. The molecule has 0 bridgehead atoms. The van der Waals surface area contributed by atoms with E-state index in [-0.39, 0.29) is 24.2 Å². The Kier molecular flexibility index (Phi) is 6.62. The van der Waals surface area contributed by atoms with Crippen molar-refractivity contribution >= 4 is 46.8 Å². The highest BCUT2D eigenvalue weighted by Gasteiger charge is 2.42. The summed E-state index contributed by atoms with van der Waals surface area (Å²) in [5, 5.41) is 27.0. The number of nitrogens with one attached hydrogen (secondary N) is 2. The second-order valence-electron chi connectivity index (χ2n) is 8.01. The zero-order valence-electron chi connectivity index (χ0n) is 19.2. The maximum atomic E-state index is 12.5. The molecule has 0 aliphatic carbocycles. The summed E-state index contributed by atoms with van der Waals surface area (Å²) in [6.45, 7) is -1.76. The van der Waals surface area contributed by atoms with Crippen LogP contribution in [0.1, 0.15) is 41.4 Å². The lowest BCUT2D eigenvalue weighted by Crippen LogP contribution is -2.44. The number of benzene rings is 2. The molecule has 0 atom stereocenters. The van der Waals surface area contributed by atoms with Gasteiger partial charge in [-0.3, -0.25) is 58.8 Å². The first-order valence-electron chi connectivity index (χ1n) is 10.8. The van der Waals surface area contributed by atoms with Crippen molar-refractivity contribution < 1.29 is 38.6 Å². The molecule has 16 nitrogen and oxygen atoms in total. The van der Waals surface area contributed by atoms with Gasteiger partial charge in [-0.15, -0.1) is 0 Å². The third kappa shape index (κ3) is 4.41. The molecule has 0 unspecified atom stereocenters. The van der Waals surface area contributed by atoms with E-state index in [2.05, 4.69) is 10.6 Å². The topological polar surface area (TPSA) is 219 Å². The van der Waals surface area contributed by atoms with E-state index in [0.29, 0.717) is 9.80 Å². The van der Waals surface area contributed by atoms with E-state index in [4.69, 9.17) is 0 Å². The van der Waals surface area contributed by atoms with Crippen LogP contribution in [0.4, 0.5) is 11.4 Å². The largest absolute Gasteiger partial charge is 0.353 e. The maximum Gasteiger partial charge on any atom is 0.282 e. The number of hydrogen-bond acceptors (Lipinski definition) is 10. The minimum absolute atomic E-state index is 0.165. The van der Waals surface area contributed by atoms with Gasteiger partial charge in [-0.25, -0.2) is 0 Å². The van der Waals surface area contributed by atoms with Gasteiger partial charge in [0.1, 0.15) is 24.2 Å². The highest BCUT2D eigenvalue weighted by molar-refractivity contribution is 6.25. The Morgan fingerprint density at radius 3 is 1.37 bits per heavy atom. The van der Waals surface area contributed by atoms with Gasteiger partial charge in [-0.2, -0.15) is 0 Å². The van der Waals surface area contributed by atoms with Crippen LogP contribution in [-0.4, -0.2) is 81.3 Å². The molecule has 194 valence electrons. The van der Waals surface area contributed by atoms with Crippen molar-refractivity contribution in [3.8, 4) is 0 Å². The van der Waals surface area contributed by atoms with E-state index >= 15 is 0 Å². The van der Waals surface area contributed by atoms with Crippen LogP contribution in [0.5, 0.6) is 0 Å². The Labute approximate surface area is 211 Å². The first-order valence-corrected chi connectivity index (χ1v) is 10.8. The Balaban J connectivity index is 1.27.